The van der Waals surface area contributed by atoms with Gasteiger partial charge in [0.25, 0.3) is 0 Å². The van der Waals surface area contributed by atoms with E-state index in [1.165, 1.54) is 6.92 Å². The van der Waals surface area contributed by atoms with Crippen LogP contribution in [0.15, 0.2) is 36.4 Å². The first-order valence-corrected chi connectivity index (χ1v) is 8.03. The standard InChI is InChI=1S/C18H16ClNO5/c1-11(21)20-14-4-2-13(3-5-14)18(22)25-10-12-8-15(19)17-16(9-12)23-6-7-24-17/h2-5,8-9H,6-7,10H2,1H3,(H,20,21). The Labute approximate surface area is 149 Å². The number of anilines is 1. The van der Waals surface area contributed by atoms with Gasteiger partial charge in [-0.15, -0.1) is 0 Å². The summed E-state index contributed by atoms with van der Waals surface area (Å²) in [7, 11) is 0. The molecule has 2 aromatic carbocycles. The second kappa shape index (κ2) is 7.44. The Balaban J connectivity index is 1.64. The third-order valence-corrected chi connectivity index (χ3v) is 3.75. The maximum absolute atomic E-state index is 12.1. The summed E-state index contributed by atoms with van der Waals surface area (Å²) in [6, 6.07) is 9.88. The molecule has 1 aliphatic heterocycles. The van der Waals surface area contributed by atoms with Crippen molar-refractivity contribution in [3.8, 4) is 11.5 Å². The lowest BCUT2D eigenvalue weighted by Crippen LogP contribution is -2.16. The van der Waals surface area contributed by atoms with Gasteiger partial charge in [-0.2, -0.15) is 0 Å². The fraction of sp³-hybridized carbons (Fsp3) is 0.222. The molecular formula is C18H16ClNO5. The first kappa shape index (κ1) is 17.1. The lowest BCUT2D eigenvalue weighted by Gasteiger charge is -2.20. The molecule has 25 heavy (non-hydrogen) atoms. The lowest BCUT2D eigenvalue weighted by atomic mass is 10.2. The van der Waals surface area contributed by atoms with E-state index in [2.05, 4.69) is 5.32 Å². The monoisotopic (exact) mass is 361 g/mol. The molecule has 0 aromatic heterocycles. The number of hydrogen-bond acceptors (Lipinski definition) is 5. The second-order valence-electron chi connectivity index (χ2n) is 5.44. The van der Waals surface area contributed by atoms with Gasteiger partial charge < -0.3 is 19.5 Å². The van der Waals surface area contributed by atoms with Crippen molar-refractivity contribution in [2.75, 3.05) is 18.5 Å². The van der Waals surface area contributed by atoms with Gasteiger partial charge in [0.1, 0.15) is 19.8 Å². The van der Waals surface area contributed by atoms with Crippen molar-refractivity contribution in [1.29, 1.82) is 0 Å². The van der Waals surface area contributed by atoms with Crippen LogP contribution in [0.5, 0.6) is 11.5 Å². The molecule has 0 saturated carbocycles. The number of halogens is 1. The summed E-state index contributed by atoms with van der Waals surface area (Å²) in [4.78, 5) is 23.1. The van der Waals surface area contributed by atoms with Crippen LogP contribution in [0.4, 0.5) is 5.69 Å². The second-order valence-corrected chi connectivity index (χ2v) is 5.84. The summed E-state index contributed by atoms with van der Waals surface area (Å²) < 4.78 is 16.2. The Morgan fingerprint density at radius 1 is 1.16 bits per heavy atom. The highest BCUT2D eigenvalue weighted by molar-refractivity contribution is 6.32. The molecule has 0 saturated heterocycles. The highest BCUT2D eigenvalue weighted by Crippen LogP contribution is 2.38. The van der Waals surface area contributed by atoms with Gasteiger partial charge in [0, 0.05) is 12.6 Å². The Morgan fingerprint density at radius 3 is 2.60 bits per heavy atom. The number of benzene rings is 2. The SMILES string of the molecule is CC(=O)Nc1ccc(C(=O)OCc2cc(Cl)c3c(c2)OCCO3)cc1. The lowest BCUT2D eigenvalue weighted by molar-refractivity contribution is -0.114. The Bertz CT molecular complexity index is 804. The Hall–Kier alpha value is -2.73. The summed E-state index contributed by atoms with van der Waals surface area (Å²) in [5, 5.41) is 3.05. The highest BCUT2D eigenvalue weighted by atomic mass is 35.5. The zero-order valence-electron chi connectivity index (χ0n) is 13.5. The van der Waals surface area contributed by atoms with Crippen LogP contribution in [0.3, 0.4) is 0 Å². The van der Waals surface area contributed by atoms with Crippen LogP contribution in [0.2, 0.25) is 5.02 Å². The van der Waals surface area contributed by atoms with Crippen molar-refractivity contribution in [2.24, 2.45) is 0 Å². The van der Waals surface area contributed by atoms with Gasteiger partial charge in [-0.25, -0.2) is 4.79 Å². The molecule has 1 amide bonds. The zero-order valence-corrected chi connectivity index (χ0v) is 14.3. The number of carbonyl (C=O) groups excluding carboxylic acids is 2. The van der Waals surface area contributed by atoms with E-state index in [1.54, 1.807) is 36.4 Å². The minimum absolute atomic E-state index is 0.0582. The molecule has 0 radical (unpaired) electrons. The highest BCUT2D eigenvalue weighted by Gasteiger charge is 2.17. The summed E-state index contributed by atoms with van der Waals surface area (Å²) in [6.07, 6.45) is 0. The van der Waals surface area contributed by atoms with Gasteiger partial charge >= 0.3 is 5.97 Å². The average Bonchev–Trinajstić information content (AvgIpc) is 2.60. The van der Waals surface area contributed by atoms with Gasteiger partial charge in [0.05, 0.1) is 10.6 Å². The van der Waals surface area contributed by atoms with Crippen LogP contribution < -0.4 is 14.8 Å². The number of fused-ring (bicyclic) bond motifs is 1. The third-order valence-electron chi connectivity index (χ3n) is 3.47. The topological polar surface area (TPSA) is 73.9 Å². The van der Waals surface area contributed by atoms with Crippen molar-refractivity contribution in [3.63, 3.8) is 0 Å². The largest absolute Gasteiger partial charge is 0.486 e. The van der Waals surface area contributed by atoms with Crippen molar-refractivity contribution < 1.29 is 23.8 Å². The van der Waals surface area contributed by atoms with Gasteiger partial charge in [-0.3, -0.25) is 4.79 Å². The molecule has 6 nitrogen and oxygen atoms in total. The van der Waals surface area contributed by atoms with Crippen LogP contribution in [0.1, 0.15) is 22.8 Å². The molecule has 1 N–H and O–H groups in total. The third kappa shape index (κ3) is 4.22. The normalized spacial score (nSPS) is 12.4. The van der Waals surface area contributed by atoms with Crippen LogP contribution >= 0.6 is 11.6 Å². The van der Waals surface area contributed by atoms with Gasteiger partial charge in [-0.1, -0.05) is 11.6 Å². The molecular weight excluding hydrogens is 346 g/mol. The molecule has 0 bridgehead atoms. The Kier molecular flexibility index (Phi) is 5.09. The van der Waals surface area contributed by atoms with Crippen LogP contribution in [-0.4, -0.2) is 25.1 Å². The maximum atomic E-state index is 12.1. The zero-order chi connectivity index (χ0) is 17.8. The predicted molar refractivity (Wildman–Crippen MR) is 92.3 cm³/mol. The predicted octanol–water partition coefficient (Wildman–Crippen LogP) is 3.43. The van der Waals surface area contributed by atoms with Crippen molar-refractivity contribution >= 4 is 29.2 Å². The molecule has 1 aliphatic rings. The number of carbonyl (C=O) groups is 2. The Morgan fingerprint density at radius 2 is 1.88 bits per heavy atom. The number of nitrogens with one attached hydrogen (secondary N) is 1. The van der Waals surface area contributed by atoms with E-state index in [4.69, 9.17) is 25.8 Å². The van der Waals surface area contributed by atoms with Crippen LogP contribution in [0.25, 0.3) is 0 Å². The number of amides is 1. The van der Waals surface area contributed by atoms with E-state index < -0.39 is 5.97 Å². The van der Waals surface area contributed by atoms with E-state index >= 15 is 0 Å². The number of esters is 1. The molecule has 130 valence electrons. The number of hydrogen-bond donors (Lipinski definition) is 1. The molecule has 0 fully saturated rings. The van der Waals surface area contributed by atoms with Crippen molar-refractivity contribution in [2.45, 2.75) is 13.5 Å². The molecule has 0 unspecified atom stereocenters. The first-order valence-electron chi connectivity index (χ1n) is 7.66. The minimum atomic E-state index is -0.472. The molecule has 1 heterocycles. The fourth-order valence-corrected chi connectivity index (χ4v) is 2.66. The molecule has 7 heteroatoms. The smallest absolute Gasteiger partial charge is 0.338 e. The molecule has 3 rings (SSSR count). The quantitative estimate of drug-likeness (QED) is 0.844. The maximum Gasteiger partial charge on any atom is 0.338 e. The van der Waals surface area contributed by atoms with Crippen LogP contribution in [-0.2, 0) is 16.1 Å². The van der Waals surface area contributed by atoms with E-state index in [9.17, 15) is 9.59 Å². The van der Waals surface area contributed by atoms with E-state index in [1.807, 2.05) is 0 Å². The van der Waals surface area contributed by atoms with Crippen molar-refractivity contribution in [3.05, 3.63) is 52.5 Å². The summed E-state index contributed by atoms with van der Waals surface area (Å²) in [6.45, 7) is 2.38. The average molecular weight is 362 g/mol. The van der Waals surface area contributed by atoms with E-state index in [-0.39, 0.29) is 12.5 Å². The van der Waals surface area contributed by atoms with Gasteiger partial charge in [0.2, 0.25) is 5.91 Å². The van der Waals surface area contributed by atoms with Crippen LogP contribution in [0, 0.1) is 0 Å². The fourth-order valence-electron chi connectivity index (χ4n) is 2.37. The van der Waals surface area contributed by atoms with E-state index in [0.29, 0.717) is 46.5 Å². The van der Waals surface area contributed by atoms with Gasteiger partial charge in [-0.05, 0) is 42.0 Å². The first-order chi connectivity index (χ1) is 12.0. The summed E-state index contributed by atoms with van der Waals surface area (Å²) in [5.74, 6) is 0.409. The molecule has 0 aliphatic carbocycles. The number of ether oxygens (including phenoxy) is 3. The molecule has 0 spiro atoms. The van der Waals surface area contributed by atoms with E-state index in [0.717, 1.165) is 0 Å². The summed E-state index contributed by atoms with van der Waals surface area (Å²) >= 11 is 6.16. The summed E-state index contributed by atoms with van der Waals surface area (Å²) in [5.41, 5.74) is 1.71. The molecule has 2 aromatic rings. The minimum Gasteiger partial charge on any atom is -0.486 e. The molecule has 0 atom stereocenters. The van der Waals surface area contributed by atoms with Gasteiger partial charge in [0.15, 0.2) is 11.5 Å². The number of rotatable bonds is 4. The van der Waals surface area contributed by atoms with Crippen molar-refractivity contribution in [1.82, 2.24) is 0 Å².